The summed E-state index contributed by atoms with van der Waals surface area (Å²) in [5, 5.41) is 2.09. The second kappa shape index (κ2) is 5.92. The first-order valence-electron chi connectivity index (χ1n) is 5.56. The lowest BCUT2D eigenvalue weighted by atomic mass is 10.3. The van der Waals surface area contributed by atoms with E-state index >= 15 is 0 Å². The van der Waals surface area contributed by atoms with Crippen molar-refractivity contribution in [2.24, 2.45) is 0 Å². The van der Waals surface area contributed by atoms with Crippen molar-refractivity contribution in [1.29, 1.82) is 0 Å². The summed E-state index contributed by atoms with van der Waals surface area (Å²) in [4.78, 5) is 1.18. The van der Waals surface area contributed by atoms with Crippen LogP contribution in [-0.4, -0.2) is 15.0 Å². The van der Waals surface area contributed by atoms with Crippen LogP contribution < -0.4 is 10.5 Å². The molecule has 19 heavy (non-hydrogen) atoms. The SMILES string of the molecule is Nc1ccc(S(=O)(=O)NCCc2cccs2)c(Cl)c1. The second-order valence-corrected chi connectivity index (χ2v) is 7.09. The van der Waals surface area contributed by atoms with E-state index in [2.05, 4.69) is 4.72 Å². The van der Waals surface area contributed by atoms with Crippen molar-refractivity contribution in [2.45, 2.75) is 11.3 Å². The average Bonchev–Trinajstić information content (AvgIpc) is 2.81. The van der Waals surface area contributed by atoms with E-state index in [1.165, 1.54) is 18.2 Å². The Morgan fingerprint density at radius 2 is 2.11 bits per heavy atom. The molecule has 0 spiro atoms. The van der Waals surface area contributed by atoms with Crippen LogP contribution in [0.25, 0.3) is 0 Å². The van der Waals surface area contributed by atoms with E-state index in [0.717, 1.165) is 4.88 Å². The molecule has 3 N–H and O–H groups in total. The number of nitrogens with one attached hydrogen (secondary N) is 1. The highest BCUT2D eigenvalue weighted by molar-refractivity contribution is 7.89. The number of nitrogens with two attached hydrogens (primary N) is 1. The number of hydrogen-bond acceptors (Lipinski definition) is 4. The maximum absolute atomic E-state index is 12.1. The monoisotopic (exact) mass is 316 g/mol. The number of benzene rings is 1. The summed E-state index contributed by atoms with van der Waals surface area (Å²) in [6.07, 6.45) is 0.656. The van der Waals surface area contributed by atoms with Gasteiger partial charge >= 0.3 is 0 Å². The van der Waals surface area contributed by atoms with Gasteiger partial charge in [0.15, 0.2) is 0 Å². The third-order valence-corrected chi connectivity index (χ3v) is 5.37. The molecule has 4 nitrogen and oxygen atoms in total. The van der Waals surface area contributed by atoms with Crippen LogP contribution in [0.15, 0.2) is 40.6 Å². The first-order valence-corrected chi connectivity index (χ1v) is 8.30. The molecule has 2 rings (SSSR count). The maximum atomic E-state index is 12.1. The summed E-state index contributed by atoms with van der Waals surface area (Å²) in [6.45, 7) is 0.337. The summed E-state index contributed by atoms with van der Waals surface area (Å²) >= 11 is 7.49. The summed E-state index contributed by atoms with van der Waals surface area (Å²) in [5.41, 5.74) is 5.97. The van der Waals surface area contributed by atoms with Gasteiger partial charge in [0.2, 0.25) is 10.0 Å². The molecule has 1 aromatic carbocycles. The molecule has 0 amide bonds. The van der Waals surface area contributed by atoms with Crippen LogP contribution in [0.5, 0.6) is 0 Å². The van der Waals surface area contributed by atoms with E-state index in [-0.39, 0.29) is 9.92 Å². The molecule has 102 valence electrons. The van der Waals surface area contributed by atoms with Crippen LogP contribution in [0.2, 0.25) is 5.02 Å². The van der Waals surface area contributed by atoms with Crippen LogP contribution in [-0.2, 0) is 16.4 Å². The predicted molar refractivity (Wildman–Crippen MR) is 79.1 cm³/mol. The Balaban J connectivity index is 2.05. The molecule has 2 aromatic rings. The number of rotatable bonds is 5. The zero-order chi connectivity index (χ0) is 13.9. The molecule has 0 saturated heterocycles. The number of anilines is 1. The van der Waals surface area contributed by atoms with Gasteiger partial charge in [-0.25, -0.2) is 13.1 Å². The molecule has 0 aliphatic rings. The highest BCUT2D eigenvalue weighted by atomic mass is 35.5. The van der Waals surface area contributed by atoms with Crippen LogP contribution in [0.3, 0.4) is 0 Å². The minimum atomic E-state index is -3.59. The van der Waals surface area contributed by atoms with Gasteiger partial charge in [-0.15, -0.1) is 11.3 Å². The highest BCUT2D eigenvalue weighted by Crippen LogP contribution is 2.23. The first kappa shape index (κ1) is 14.3. The van der Waals surface area contributed by atoms with Gasteiger partial charge in [-0.1, -0.05) is 17.7 Å². The van der Waals surface area contributed by atoms with E-state index in [1.807, 2.05) is 17.5 Å². The lowest BCUT2D eigenvalue weighted by molar-refractivity contribution is 0.582. The molecule has 0 atom stereocenters. The number of hydrogen-bond donors (Lipinski definition) is 2. The van der Waals surface area contributed by atoms with E-state index in [9.17, 15) is 8.42 Å². The minimum absolute atomic E-state index is 0.0505. The molecule has 0 fully saturated rings. The average molecular weight is 317 g/mol. The summed E-state index contributed by atoms with van der Waals surface area (Å²) in [5.74, 6) is 0. The van der Waals surface area contributed by atoms with Crippen LogP contribution in [0, 0.1) is 0 Å². The number of halogens is 1. The molecule has 0 unspecified atom stereocenters. The van der Waals surface area contributed by atoms with E-state index in [0.29, 0.717) is 18.7 Å². The fourth-order valence-corrected chi connectivity index (χ4v) is 3.87. The number of nitrogen functional groups attached to an aromatic ring is 1. The Kier molecular flexibility index (Phi) is 4.46. The van der Waals surface area contributed by atoms with Gasteiger partial charge in [-0.05, 0) is 36.1 Å². The molecular formula is C12H13ClN2O2S2. The Morgan fingerprint density at radius 1 is 1.32 bits per heavy atom. The Hall–Kier alpha value is -1.08. The highest BCUT2D eigenvalue weighted by Gasteiger charge is 2.17. The topological polar surface area (TPSA) is 72.2 Å². The normalized spacial score (nSPS) is 11.6. The molecule has 1 aromatic heterocycles. The van der Waals surface area contributed by atoms with Gasteiger partial charge in [0.1, 0.15) is 4.90 Å². The fraction of sp³-hybridized carbons (Fsp3) is 0.167. The first-order chi connectivity index (χ1) is 8.99. The van der Waals surface area contributed by atoms with E-state index in [4.69, 9.17) is 17.3 Å². The molecule has 0 aliphatic carbocycles. The minimum Gasteiger partial charge on any atom is -0.399 e. The van der Waals surface area contributed by atoms with Crippen molar-refractivity contribution in [3.8, 4) is 0 Å². The number of thiophene rings is 1. The van der Waals surface area contributed by atoms with Gasteiger partial charge in [0.05, 0.1) is 5.02 Å². The molecule has 0 saturated carbocycles. The predicted octanol–water partition coefficient (Wildman–Crippen LogP) is 2.50. The van der Waals surface area contributed by atoms with E-state index < -0.39 is 10.0 Å². The second-order valence-electron chi connectivity index (χ2n) is 3.92. The smallest absolute Gasteiger partial charge is 0.242 e. The number of sulfonamides is 1. The Morgan fingerprint density at radius 3 is 2.74 bits per heavy atom. The lowest BCUT2D eigenvalue weighted by Gasteiger charge is -2.08. The van der Waals surface area contributed by atoms with Gasteiger partial charge in [-0.2, -0.15) is 0 Å². The lowest BCUT2D eigenvalue weighted by Crippen LogP contribution is -2.26. The fourth-order valence-electron chi connectivity index (χ4n) is 1.58. The maximum Gasteiger partial charge on any atom is 0.242 e. The van der Waals surface area contributed by atoms with Crippen molar-refractivity contribution in [3.63, 3.8) is 0 Å². The van der Waals surface area contributed by atoms with Crippen molar-refractivity contribution in [3.05, 3.63) is 45.6 Å². The third-order valence-electron chi connectivity index (χ3n) is 2.49. The molecule has 0 aliphatic heterocycles. The molecule has 0 bridgehead atoms. The van der Waals surface area contributed by atoms with Crippen molar-refractivity contribution in [2.75, 3.05) is 12.3 Å². The summed E-state index contributed by atoms with van der Waals surface area (Å²) < 4.78 is 26.6. The molecule has 0 radical (unpaired) electrons. The zero-order valence-corrected chi connectivity index (χ0v) is 12.4. The van der Waals surface area contributed by atoms with Gasteiger partial charge in [0.25, 0.3) is 0 Å². The largest absolute Gasteiger partial charge is 0.399 e. The Labute approximate surface area is 121 Å². The Bertz CT molecular complexity index is 654. The van der Waals surface area contributed by atoms with Crippen molar-refractivity contribution < 1.29 is 8.42 Å². The van der Waals surface area contributed by atoms with Gasteiger partial charge in [-0.3, -0.25) is 0 Å². The van der Waals surface area contributed by atoms with E-state index in [1.54, 1.807) is 11.3 Å². The van der Waals surface area contributed by atoms with Crippen LogP contribution in [0.4, 0.5) is 5.69 Å². The molecular weight excluding hydrogens is 304 g/mol. The van der Waals surface area contributed by atoms with Crippen LogP contribution >= 0.6 is 22.9 Å². The molecule has 1 heterocycles. The van der Waals surface area contributed by atoms with Gasteiger partial charge < -0.3 is 5.73 Å². The summed E-state index contributed by atoms with van der Waals surface area (Å²) in [7, 11) is -3.59. The summed E-state index contributed by atoms with van der Waals surface area (Å²) in [6, 6.07) is 8.25. The third kappa shape index (κ3) is 3.70. The van der Waals surface area contributed by atoms with Crippen molar-refractivity contribution >= 4 is 38.6 Å². The molecule has 7 heteroatoms. The standard InChI is InChI=1S/C12H13ClN2O2S2/c13-11-8-9(14)3-4-12(11)19(16,17)15-6-5-10-2-1-7-18-10/h1-4,7-8,15H,5-6,14H2. The van der Waals surface area contributed by atoms with Gasteiger partial charge in [0, 0.05) is 17.1 Å². The van der Waals surface area contributed by atoms with Crippen LogP contribution in [0.1, 0.15) is 4.88 Å². The van der Waals surface area contributed by atoms with Crippen molar-refractivity contribution in [1.82, 2.24) is 4.72 Å². The quantitative estimate of drug-likeness (QED) is 0.832. The zero-order valence-electron chi connectivity index (χ0n) is 9.97.